The summed E-state index contributed by atoms with van der Waals surface area (Å²) >= 11 is 1.53. The van der Waals surface area contributed by atoms with E-state index in [0.717, 1.165) is 27.2 Å². The highest BCUT2D eigenvalue weighted by atomic mass is 32.2. The van der Waals surface area contributed by atoms with E-state index < -0.39 is 15.8 Å². The Bertz CT molecular complexity index is 1110. The van der Waals surface area contributed by atoms with Gasteiger partial charge < -0.3 is 0 Å². The van der Waals surface area contributed by atoms with Crippen LogP contribution in [0.15, 0.2) is 47.4 Å². The van der Waals surface area contributed by atoms with Crippen molar-refractivity contribution in [2.75, 3.05) is 6.54 Å². The van der Waals surface area contributed by atoms with Crippen molar-refractivity contribution in [1.29, 1.82) is 0 Å². The Labute approximate surface area is 162 Å². The number of nitrogens with zero attached hydrogens (tertiary/aromatic N) is 2. The number of sulfonamides is 1. The van der Waals surface area contributed by atoms with Crippen LogP contribution in [0.4, 0.5) is 4.39 Å². The summed E-state index contributed by atoms with van der Waals surface area (Å²) in [4.78, 5) is 5.70. The van der Waals surface area contributed by atoms with Crippen LogP contribution in [0.3, 0.4) is 0 Å². The predicted molar refractivity (Wildman–Crippen MR) is 105 cm³/mol. The summed E-state index contributed by atoms with van der Waals surface area (Å²) in [7, 11) is -3.75. The van der Waals surface area contributed by atoms with Crippen molar-refractivity contribution in [3.8, 4) is 10.6 Å². The van der Waals surface area contributed by atoms with E-state index in [0.29, 0.717) is 18.5 Å². The van der Waals surface area contributed by atoms with Gasteiger partial charge in [0, 0.05) is 23.4 Å². The van der Waals surface area contributed by atoms with Gasteiger partial charge in [0.1, 0.15) is 10.8 Å². The lowest BCUT2D eigenvalue weighted by molar-refractivity contribution is 0.392. The van der Waals surface area contributed by atoms with E-state index >= 15 is 0 Å². The smallest absolute Gasteiger partial charge is 0.241 e. The SMILES string of the molecule is Cc1ccc(-c2nc3c(s2)CN(S(=O)(=O)c2cc(F)ccc2C)CC3)cc1. The minimum absolute atomic E-state index is 0.0363. The van der Waals surface area contributed by atoms with E-state index in [-0.39, 0.29) is 11.4 Å². The molecule has 0 N–H and O–H groups in total. The maximum absolute atomic E-state index is 13.6. The maximum atomic E-state index is 13.6. The van der Waals surface area contributed by atoms with E-state index in [1.807, 2.05) is 31.2 Å². The van der Waals surface area contributed by atoms with Crippen molar-refractivity contribution in [2.45, 2.75) is 31.7 Å². The first-order valence-corrected chi connectivity index (χ1v) is 10.9. The number of aryl methyl sites for hydroxylation is 2. The molecule has 1 aliphatic rings. The first-order chi connectivity index (χ1) is 12.8. The molecule has 0 amide bonds. The predicted octanol–water partition coefficient (Wildman–Crippen LogP) is 4.31. The molecular formula is C20H19FN2O2S2. The van der Waals surface area contributed by atoms with Crippen LogP contribution in [0, 0.1) is 19.7 Å². The Morgan fingerprint density at radius 2 is 1.85 bits per heavy atom. The van der Waals surface area contributed by atoms with Gasteiger partial charge in [-0.2, -0.15) is 4.31 Å². The Morgan fingerprint density at radius 1 is 1.11 bits per heavy atom. The van der Waals surface area contributed by atoms with Crippen LogP contribution in [0.2, 0.25) is 0 Å². The second kappa shape index (κ2) is 6.82. The van der Waals surface area contributed by atoms with Crippen LogP contribution in [0.25, 0.3) is 10.6 Å². The molecule has 0 spiro atoms. The van der Waals surface area contributed by atoms with Crippen molar-refractivity contribution in [3.05, 3.63) is 70.0 Å². The fraction of sp³-hybridized carbons (Fsp3) is 0.250. The van der Waals surface area contributed by atoms with Gasteiger partial charge >= 0.3 is 0 Å². The zero-order valence-electron chi connectivity index (χ0n) is 15.1. The third kappa shape index (κ3) is 3.42. The van der Waals surface area contributed by atoms with Crippen molar-refractivity contribution in [1.82, 2.24) is 9.29 Å². The lowest BCUT2D eigenvalue weighted by Crippen LogP contribution is -2.35. The van der Waals surface area contributed by atoms with Gasteiger partial charge in [-0.25, -0.2) is 17.8 Å². The lowest BCUT2D eigenvalue weighted by atomic mass is 10.1. The van der Waals surface area contributed by atoms with E-state index in [2.05, 4.69) is 0 Å². The molecule has 0 fully saturated rings. The van der Waals surface area contributed by atoms with E-state index in [4.69, 9.17) is 4.98 Å². The first kappa shape index (κ1) is 18.3. The van der Waals surface area contributed by atoms with Gasteiger partial charge in [-0.15, -0.1) is 11.3 Å². The van der Waals surface area contributed by atoms with E-state index in [1.165, 1.54) is 33.3 Å². The van der Waals surface area contributed by atoms with Crippen LogP contribution in [0.5, 0.6) is 0 Å². The standard InChI is InChI=1S/C20H19FN2O2S2/c1-13-3-6-15(7-4-13)20-22-17-9-10-23(12-18(17)26-20)27(24,25)19-11-16(21)8-5-14(19)2/h3-8,11H,9-10,12H2,1-2H3. The molecule has 2 heterocycles. The second-order valence-electron chi connectivity index (χ2n) is 6.75. The third-order valence-corrected chi connectivity index (χ3v) is 7.88. The van der Waals surface area contributed by atoms with Crippen molar-refractivity contribution in [3.63, 3.8) is 0 Å². The number of aromatic nitrogens is 1. The molecule has 140 valence electrons. The molecule has 4 nitrogen and oxygen atoms in total. The summed E-state index contributed by atoms with van der Waals surface area (Å²) < 4.78 is 41.1. The number of hydrogen-bond acceptors (Lipinski definition) is 4. The molecule has 0 radical (unpaired) electrons. The quantitative estimate of drug-likeness (QED) is 0.656. The summed E-state index contributed by atoms with van der Waals surface area (Å²) in [5.41, 5.74) is 3.73. The molecule has 3 aromatic rings. The molecule has 27 heavy (non-hydrogen) atoms. The molecule has 0 atom stereocenters. The molecule has 0 saturated carbocycles. The van der Waals surface area contributed by atoms with E-state index in [9.17, 15) is 12.8 Å². The van der Waals surface area contributed by atoms with Gasteiger partial charge in [0.05, 0.1) is 17.1 Å². The zero-order valence-corrected chi connectivity index (χ0v) is 16.7. The molecule has 1 aromatic heterocycles. The van der Waals surface area contributed by atoms with Crippen LogP contribution >= 0.6 is 11.3 Å². The molecule has 2 aromatic carbocycles. The Hall–Kier alpha value is -2.09. The maximum Gasteiger partial charge on any atom is 0.243 e. The minimum Gasteiger partial charge on any atom is -0.241 e. The van der Waals surface area contributed by atoms with Crippen molar-refractivity contribution >= 4 is 21.4 Å². The van der Waals surface area contributed by atoms with Crippen LogP contribution in [-0.2, 0) is 23.0 Å². The molecule has 0 saturated heterocycles. The van der Waals surface area contributed by atoms with E-state index in [1.54, 1.807) is 6.92 Å². The van der Waals surface area contributed by atoms with Gasteiger partial charge in [0.2, 0.25) is 10.0 Å². The highest BCUT2D eigenvalue weighted by Gasteiger charge is 2.31. The monoisotopic (exact) mass is 402 g/mol. The Morgan fingerprint density at radius 3 is 2.59 bits per heavy atom. The van der Waals surface area contributed by atoms with Crippen molar-refractivity contribution < 1.29 is 12.8 Å². The fourth-order valence-electron chi connectivity index (χ4n) is 3.19. The summed E-state index contributed by atoms with van der Waals surface area (Å²) in [5, 5.41) is 0.904. The summed E-state index contributed by atoms with van der Waals surface area (Å²) in [5.74, 6) is -0.545. The molecule has 0 bridgehead atoms. The van der Waals surface area contributed by atoms with Crippen LogP contribution in [0.1, 0.15) is 21.7 Å². The Balaban J connectivity index is 1.65. The number of rotatable bonds is 3. The zero-order chi connectivity index (χ0) is 19.2. The van der Waals surface area contributed by atoms with Gasteiger partial charge in [0.15, 0.2) is 0 Å². The van der Waals surface area contributed by atoms with Gasteiger partial charge in [0.25, 0.3) is 0 Å². The third-order valence-electron chi connectivity index (χ3n) is 4.76. The largest absolute Gasteiger partial charge is 0.243 e. The molecule has 7 heteroatoms. The lowest BCUT2D eigenvalue weighted by Gasteiger charge is -2.26. The van der Waals surface area contributed by atoms with Crippen LogP contribution in [-0.4, -0.2) is 24.3 Å². The normalized spacial score (nSPS) is 14.9. The van der Waals surface area contributed by atoms with Crippen molar-refractivity contribution in [2.24, 2.45) is 0 Å². The summed E-state index contributed by atoms with van der Waals surface area (Å²) in [6.07, 6.45) is 0.561. The number of hydrogen-bond donors (Lipinski definition) is 0. The topological polar surface area (TPSA) is 50.3 Å². The van der Waals surface area contributed by atoms with Gasteiger partial charge in [-0.3, -0.25) is 0 Å². The molecular weight excluding hydrogens is 383 g/mol. The number of halogens is 1. The Kier molecular flexibility index (Phi) is 4.61. The highest BCUT2D eigenvalue weighted by molar-refractivity contribution is 7.89. The summed E-state index contributed by atoms with van der Waals surface area (Å²) in [6.45, 7) is 4.34. The summed E-state index contributed by atoms with van der Waals surface area (Å²) in [6, 6.07) is 12.0. The second-order valence-corrected chi connectivity index (χ2v) is 9.74. The molecule has 0 aliphatic carbocycles. The van der Waals surface area contributed by atoms with Gasteiger partial charge in [-0.05, 0) is 31.5 Å². The average molecular weight is 403 g/mol. The number of fused-ring (bicyclic) bond motifs is 1. The van der Waals surface area contributed by atoms with Gasteiger partial charge in [-0.1, -0.05) is 35.9 Å². The fourth-order valence-corrected chi connectivity index (χ4v) is 6.04. The number of thiazole rings is 1. The molecule has 1 aliphatic heterocycles. The highest BCUT2D eigenvalue weighted by Crippen LogP contribution is 2.34. The average Bonchev–Trinajstić information content (AvgIpc) is 3.07. The van der Waals surface area contributed by atoms with Crippen LogP contribution < -0.4 is 0 Å². The molecule has 0 unspecified atom stereocenters. The minimum atomic E-state index is -3.75. The number of benzene rings is 2. The molecule has 4 rings (SSSR count). The first-order valence-electron chi connectivity index (χ1n) is 8.66.